The molecular weight excluding hydrogens is 246 g/mol. The predicted molar refractivity (Wildman–Crippen MR) is 82.9 cm³/mol. The van der Waals surface area contributed by atoms with E-state index in [4.69, 9.17) is 4.99 Å². The second-order valence-electron chi connectivity index (χ2n) is 6.40. The van der Waals surface area contributed by atoms with Crippen molar-refractivity contribution in [3.63, 3.8) is 0 Å². The molecule has 0 amide bonds. The molecule has 2 aliphatic carbocycles. The van der Waals surface area contributed by atoms with Crippen LogP contribution >= 0.6 is 0 Å². The average Bonchev–Trinajstić information content (AvgIpc) is 2.65. The molecule has 0 N–H and O–H groups in total. The molecule has 0 saturated heterocycles. The Bertz CT molecular complexity index is 470. The van der Waals surface area contributed by atoms with E-state index in [-0.39, 0.29) is 0 Å². The van der Waals surface area contributed by atoms with Crippen molar-refractivity contribution in [1.82, 2.24) is 0 Å². The van der Waals surface area contributed by atoms with Gasteiger partial charge in [-0.1, -0.05) is 38.2 Å². The summed E-state index contributed by atoms with van der Waals surface area (Å²) in [6.45, 7) is 0. The standard InChI is InChI=1S/C18H25NO/c20-17-11-7-9-15-13-19-16-10-6-4-2-1-3-5-8-14(12-16)18(15)17/h12-14H,1-11H2. The van der Waals surface area contributed by atoms with Gasteiger partial charge in [0.15, 0.2) is 5.78 Å². The molecule has 0 radical (unpaired) electrons. The fraction of sp³-hybridized carbons (Fsp3) is 0.667. The van der Waals surface area contributed by atoms with E-state index in [2.05, 4.69) is 6.08 Å². The van der Waals surface area contributed by atoms with E-state index in [0.717, 1.165) is 37.7 Å². The monoisotopic (exact) mass is 271 g/mol. The van der Waals surface area contributed by atoms with E-state index in [1.165, 1.54) is 49.8 Å². The van der Waals surface area contributed by atoms with Crippen LogP contribution in [0.15, 0.2) is 27.9 Å². The van der Waals surface area contributed by atoms with Crippen molar-refractivity contribution in [2.45, 2.75) is 70.6 Å². The lowest BCUT2D eigenvalue weighted by Crippen LogP contribution is -2.18. The minimum atomic E-state index is 0.341. The van der Waals surface area contributed by atoms with E-state index in [1.54, 1.807) is 0 Å². The summed E-state index contributed by atoms with van der Waals surface area (Å²) < 4.78 is 0. The first-order valence-electron chi connectivity index (χ1n) is 8.35. The topological polar surface area (TPSA) is 29.4 Å². The molecule has 0 aromatic heterocycles. The van der Waals surface area contributed by atoms with Crippen LogP contribution < -0.4 is 0 Å². The quantitative estimate of drug-likeness (QED) is 0.625. The third-order valence-corrected chi connectivity index (χ3v) is 4.84. The normalized spacial score (nSPS) is 28.3. The van der Waals surface area contributed by atoms with E-state index in [0.29, 0.717) is 11.7 Å². The lowest BCUT2D eigenvalue weighted by atomic mass is 9.81. The number of carbonyl (C=O) groups is 1. The Morgan fingerprint density at radius 2 is 1.70 bits per heavy atom. The first-order chi connectivity index (χ1) is 9.84. The number of allylic oxidation sites excluding steroid dienone is 4. The maximum atomic E-state index is 12.4. The molecule has 1 unspecified atom stereocenters. The van der Waals surface area contributed by atoms with Gasteiger partial charge in [-0.15, -0.1) is 0 Å². The number of carbonyl (C=O) groups excluding carboxylic acids is 1. The molecule has 0 aromatic carbocycles. The van der Waals surface area contributed by atoms with E-state index >= 15 is 0 Å². The molecule has 3 aliphatic rings. The molecule has 0 aromatic rings. The fourth-order valence-electron chi connectivity index (χ4n) is 3.74. The van der Waals surface area contributed by atoms with Crippen molar-refractivity contribution >= 4 is 12.0 Å². The number of aliphatic imine (C=N–C) groups is 1. The Kier molecular flexibility index (Phi) is 4.49. The maximum absolute atomic E-state index is 12.4. The second-order valence-corrected chi connectivity index (χ2v) is 6.40. The van der Waals surface area contributed by atoms with E-state index in [1.807, 2.05) is 6.21 Å². The lowest BCUT2D eigenvalue weighted by molar-refractivity contribution is -0.116. The van der Waals surface area contributed by atoms with Crippen LogP contribution in [0.25, 0.3) is 0 Å². The predicted octanol–water partition coefficient (Wildman–Crippen LogP) is 4.75. The molecule has 0 saturated carbocycles. The number of ketones is 1. The molecule has 3 rings (SSSR count). The summed E-state index contributed by atoms with van der Waals surface area (Å²) >= 11 is 0. The first kappa shape index (κ1) is 13.8. The summed E-state index contributed by atoms with van der Waals surface area (Å²) in [6.07, 6.45) is 17.2. The number of hydrogen-bond donors (Lipinski definition) is 0. The smallest absolute Gasteiger partial charge is 0.159 e. The van der Waals surface area contributed by atoms with Gasteiger partial charge in [0.2, 0.25) is 0 Å². The number of nitrogens with zero attached hydrogens (tertiary/aromatic N) is 1. The van der Waals surface area contributed by atoms with Gasteiger partial charge in [-0.25, -0.2) is 0 Å². The highest BCUT2D eigenvalue weighted by Crippen LogP contribution is 2.34. The van der Waals surface area contributed by atoms with Crippen LogP contribution in [0.2, 0.25) is 0 Å². The van der Waals surface area contributed by atoms with E-state index < -0.39 is 0 Å². The van der Waals surface area contributed by atoms with Crippen LogP contribution in [0.3, 0.4) is 0 Å². The summed E-state index contributed by atoms with van der Waals surface area (Å²) in [5.74, 6) is 0.725. The lowest BCUT2D eigenvalue weighted by Gasteiger charge is -2.22. The summed E-state index contributed by atoms with van der Waals surface area (Å²) in [4.78, 5) is 17.0. The molecule has 2 bridgehead atoms. The van der Waals surface area contributed by atoms with Crippen molar-refractivity contribution in [3.05, 3.63) is 22.9 Å². The van der Waals surface area contributed by atoms with Crippen molar-refractivity contribution < 1.29 is 4.79 Å². The van der Waals surface area contributed by atoms with Gasteiger partial charge in [0.25, 0.3) is 0 Å². The minimum Gasteiger partial charge on any atom is -0.295 e. The highest BCUT2D eigenvalue weighted by atomic mass is 16.1. The molecular formula is C18H25NO. The molecule has 2 heteroatoms. The minimum absolute atomic E-state index is 0.341. The molecule has 108 valence electrons. The van der Waals surface area contributed by atoms with Crippen LogP contribution in [0.5, 0.6) is 0 Å². The van der Waals surface area contributed by atoms with E-state index in [9.17, 15) is 4.79 Å². The van der Waals surface area contributed by atoms with Gasteiger partial charge < -0.3 is 0 Å². The van der Waals surface area contributed by atoms with Crippen molar-refractivity contribution in [2.24, 2.45) is 10.9 Å². The van der Waals surface area contributed by atoms with Crippen LogP contribution in [0, 0.1) is 5.92 Å². The van der Waals surface area contributed by atoms with Crippen LogP contribution in [0.1, 0.15) is 70.6 Å². The highest BCUT2D eigenvalue weighted by molar-refractivity contribution is 6.03. The van der Waals surface area contributed by atoms with Crippen molar-refractivity contribution in [3.8, 4) is 0 Å². The summed E-state index contributed by atoms with van der Waals surface area (Å²) in [6, 6.07) is 0. The molecule has 0 fully saturated rings. The third kappa shape index (κ3) is 3.11. The van der Waals surface area contributed by atoms with Gasteiger partial charge in [-0.2, -0.15) is 0 Å². The van der Waals surface area contributed by atoms with Gasteiger partial charge in [0.1, 0.15) is 0 Å². The zero-order valence-electron chi connectivity index (χ0n) is 12.4. The van der Waals surface area contributed by atoms with Crippen LogP contribution in [0.4, 0.5) is 0 Å². The summed E-state index contributed by atoms with van der Waals surface area (Å²) in [5.41, 5.74) is 3.56. The second kappa shape index (κ2) is 6.51. The zero-order valence-corrected chi connectivity index (χ0v) is 12.4. The Labute approximate surface area is 122 Å². The third-order valence-electron chi connectivity index (χ3n) is 4.84. The first-order valence-corrected chi connectivity index (χ1v) is 8.35. The summed E-state index contributed by atoms with van der Waals surface area (Å²) in [7, 11) is 0. The fourth-order valence-corrected chi connectivity index (χ4v) is 3.74. The Balaban J connectivity index is 1.89. The van der Waals surface area contributed by atoms with Gasteiger partial charge in [0, 0.05) is 29.8 Å². The maximum Gasteiger partial charge on any atom is 0.159 e. The van der Waals surface area contributed by atoms with Crippen LogP contribution in [-0.4, -0.2) is 12.0 Å². The van der Waals surface area contributed by atoms with Gasteiger partial charge in [-0.3, -0.25) is 9.79 Å². The number of fused-ring (bicyclic) bond motifs is 2. The molecule has 20 heavy (non-hydrogen) atoms. The largest absolute Gasteiger partial charge is 0.295 e. The van der Waals surface area contributed by atoms with Crippen LogP contribution in [-0.2, 0) is 4.79 Å². The molecule has 2 nitrogen and oxygen atoms in total. The SMILES string of the molecule is O=C1CCCC2=C1C1C=C(CCCCCCCC1)N=C2. The average molecular weight is 271 g/mol. The Morgan fingerprint density at radius 1 is 0.900 bits per heavy atom. The zero-order chi connectivity index (χ0) is 13.8. The van der Waals surface area contributed by atoms with Gasteiger partial charge in [-0.05, 0) is 37.7 Å². The molecule has 1 atom stereocenters. The molecule has 1 heterocycles. The van der Waals surface area contributed by atoms with Crippen molar-refractivity contribution in [2.75, 3.05) is 0 Å². The Hall–Kier alpha value is -1.18. The van der Waals surface area contributed by atoms with Crippen molar-refractivity contribution in [1.29, 1.82) is 0 Å². The number of hydrogen-bond acceptors (Lipinski definition) is 2. The van der Waals surface area contributed by atoms with Gasteiger partial charge >= 0.3 is 0 Å². The summed E-state index contributed by atoms with van der Waals surface area (Å²) in [5, 5.41) is 0. The molecule has 1 aliphatic heterocycles. The number of Topliss-reactive ketones (excluding diaryl/α,β-unsaturated/α-hetero) is 1. The highest BCUT2D eigenvalue weighted by Gasteiger charge is 2.27. The molecule has 0 spiro atoms. The Morgan fingerprint density at radius 3 is 2.60 bits per heavy atom. The van der Waals surface area contributed by atoms with Gasteiger partial charge in [0.05, 0.1) is 0 Å². The number of rotatable bonds is 0.